The summed E-state index contributed by atoms with van der Waals surface area (Å²) in [6.07, 6.45) is 0. The van der Waals surface area contributed by atoms with Crippen LogP contribution in [0.5, 0.6) is 0 Å². The van der Waals surface area contributed by atoms with Crippen molar-refractivity contribution in [1.29, 1.82) is 0 Å². The van der Waals surface area contributed by atoms with E-state index in [0.29, 0.717) is 5.56 Å². The smallest absolute Gasteiger partial charge is 0.172 e. The van der Waals surface area contributed by atoms with Crippen LogP contribution in [0.4, 0.5) is 0 Å². The van der Waals surface area contributed by atoms with Crippen molar-refractivity contribution in [1.82, 2.24) is 0 Å². The van der Waals surface area contributed by atoms with Gasteiger partial charge in [0.2, 0.25) is 0 Å². The molecule has 92 valence electrons. The van der Waals surface area contributed by atoms with Gasteiger partial charge in [-0.15, -0.1) is 0 Å². The Balaban J connectivity index is 2.36. The Labute approximate surface area is 107 Å². The summed E-state index contributed by atoms with van der Waals surface area (Å²) in [4.78, 5) is 12.4. The molecule has 1 unspecified atom stereocenters. The molecule has 2 aromatic carbocycles. The highest BCUT2D eigenvalue weighted by atomic mass is 16.3. The van der Waals surface area contributed by atoms with Gasteiger partial charge in [0, 0.05) is 5.56 Å². The topological polar surface area (TPSA) is 37.3 Å². The van der Waals surface area contributed by atoms with E-state index >= 15 is 0 Å². The third kappa shape index (κ3) is 2.49. The summed E-state index contributed by atoms with van der Waals surface area (Å²) in [7, 11) is 0. The van der Waals surface area contributed by atoms with Gasteiger partial charge in [-0.1, -0.05) is 54.6 Å². The molecule has 1 N–H and O–H groups in total. The lowest BCUT2D eigenvalue weighted by Gasteiger charge is -2.15. The van der Waals surface area contributed by atoms with Crippen LogP contribution >= 0.6 is 0 Å². The summed E-state index contributed by atoms with van der Waals surface area (Å²) in [5, 5.41) is 9.51. The molecule has 0 aromatic heterocycles. The summed E-state index contributed by atoms with van der Waals surface area (Å²) in [6, 6.07) is 16.8. The number of hydrogen-bond acceptors (Lipinski definition) is 2. The first kappa shape index (κ1) is 12.5. The molecule has 2 nitrogen and oxygen atoms in total. The monoisotopic (exact) mass is 240 g/mol. The van der Waals surface area contributed by atoms with E-state index in [1.54, 1.807) is 12.1 Å². The second-order valence-corrected chi connectivity index (χ2v) is 4.32. The summed E-state index contributed by atoms with van der Waals surface area (Å²) < 4.78 is 0. The molecule has 1 atom stereocenters. The molecule has 0 heterocycles. The summed E-state index contributed by atoms with van der Waals surface area (Å²) >= 11 is 0. The SMILES string of the molecule is Cc1ccccc1C(CO)C(=O)c1ccccc1. The van der Waals surface area contributed by atoms with Gasteiger partial charge in [-0.05, 0) is 18.1 Å². The van der Waals surface area contributed by atoms with Gasteiger partial charge in [0.25, 0.3) is 0 Å². The first-order valence-electron chi connectivity index (χ1n) is 5.99. The minimum atomic E-state index is -0.478. The van der Waals surface area contributed by atoms with Gasteiger partial charge in [0.1, 0.15) is 0 Å². The molecule has 0 saturated carbocycles. The summed E-state index contributed by atoms with van der Waals surface area (Å²) in [6.45, 7) is 1.79. The van der Waals surface area contributed by atoms with Crippen LogP contribution in [-0.4, -0.2) is 17.5 Å². The summed E-state index contributed by atoms with van der Waals surface area (Å²) in [5.41, 5.74) is 2.56. The molecule has 2 heteroatoms. The van der Waals surface area contributed by atoms with Crippen LogP contribution in [0, 0.1) is 6.92 Å². The van der Waals surface area contributed by atoms with E-state index in [4.69, 9.17) is 0 Å². The molecule has 0 radical (unpaired) electrons. The minimum Gasteiger partial charge on any atom is -0.395 e. The van der Waals surface area contributed by atoms with E-state index in [1.165, 1.54) is 0 Å². The molecule has 0 fully saturated rings. The number of benzene rings is 2. The predicted molar refractivity (Wildman–Crippen MR) is 71.8 cm³/mol. The quantitative estimate of drug-likeness (QED) is 0.834. The van der Waals surface area contributed by atoms with Crippen LogP contribution < -0.4 is 0 Å². The van der Waals surface area contributed by atoms with Crippen LogP contribution in [0.3, 0.4) is 0 Å². The molecule has 0 aliphatic heterocycles. The number of aryl methyl sites for hydroxylation is 1. The van der Waals surface area contributed by atoms with Gasteiger partial charge in [-0.2, -0.15) is 0 Å². The lowest BCUT2D eigenvalue weighted by atomic mass is 9.89. The molecule has 0 amide bonds. The molecule has 0 aliphatic carbocycles. The van der Waals surface area contributed by atoms with Crippen LogP contribution in [-0.2, 0) is 0 Å². The third-order valence-electron chi connectivity index (χ3n) is 3.12. The van der Waals surface area contributed by atoms with Crippen molar-refractivity contribution < 1.29 is 9.90 Å². The molecule has 2 rings (SSSR count). The third-order valence-corrected chi connectivity index (χ3v) is 3.12. The molecule has 0 spiro atoms. The Hall–Kier alpha value is -1.93. The fourth-order valence-electron chi connectivity index (χ4n) is 2.10. The number of Topliss-reactive ketones (excluding diaryl/α,β-unsaturated/α-hetero) is 1. The van der Waals surface area contributed by atoms with Crippen LogP contribution in [0.1, 0.15) is 27.4 Å². The summed E-state index contributed by atoms with van der Waals surface area (Å²) in [5.74, 6) is -0.513. The van der Waals surface area contributed by atoms with Gasteiger partial charge in [-0.25, -0.2) is 0 Å². The Morgan fingerprint density at radius 2 is 1.67 bits per heavy atom. The van der Waals surface area contributed by atoms with E-state index < -0.39 is 5.92 Å². The number of carbonyl (C=O) groups is 1. The number of ketones is 1. The van der Waals surface area contributed by atoms with Crippen molar-refractivity contribution in [2.45, 2.75) is 12.8 Å². The highest BCUT2D eigenvalue weighted by Crippen LogP contribution is 2.23. The number of carbonyl (C=O) groups excluding carboxylic acids is 1. The zero-order valence-electron chi connectivity index (χ0n) is 10.3. The van der Waals surface area contributed by atoms with E-state index in [-0.39, 0.29) is 12.4 Å². The molecule has 2 aromatic rings. The zero-order chi connectivity index (χ0) is 13.0. The van der Waals surface area contributed by atoms with E-state index in [1.807, 2.05) is 49.4 Å². The second-order valence-electron chi connectivity index (χ2n) is 4.32. The average molecular weight is 240 g/mol. The standard InChI is InChI=1S/C16H16O2/c1-12-7-5-6-10-14(12)15(11-17)16(18)13-8-3-2-4-9-13/h2-10,15,17H,11H2,1H3. The number of aliphatic hydroxyl groups is 1. The van der Waals surface area contributed by atoms with Crippen molar-refractivity contribution >= 4 is 5.78 Å². The van der Waals surface area contributed by atoms with Gasteiger partial charge < -0.3 is 5.11 Å². The lowest BCUT2D eigenvalue weighted by molar-refractivity contribution is 0.0922. The normalized spacial score (nSPS) is 12.1. The number of aliphatic hydroxyl groups excluding tert-OH is 1. The maximum absolute atomic E-state index is 12.4. The van der Waals surface area contributed by atoms with Crippen molar-refractivity contribution in [3.8, 4) is 0 Å². The number of hydrogen-bond donors (Lipinski definition) is 1. The minimum absolute atomic E-state index is 0.0348. The molecule has 0 aliphatic rings. The van der Waals surface area contributed by atoms with Gasteiger partial charge >= 0.3 is 0 Å². The van der Waals surface area contributed by atoms with Crippen molar-refractivity contribution in [3.63, 3.8) is 0 Å². The van der Waals surface area contributed by atoms with Crippen LogP contribution in [0.15, 0.2) is 54.6 Å². The fraction of sp³-hybridized carbons (Fsp3) is 0.188. The Morgan fingerprint density at radius 3 is 2.28 bits per heavy atom. The van der Waals surface area contributed by atoms with Gasteiger partial charge in [-0.3, -0.25) is 4.79 Å². The number of rotatable bonds is 4. The van der Waals surface area contributed by atoms with Crippen molar-refractivity contribution in [2.24, 2.45) is 0 Å². The molecule has 0 saturated heterocycles. The first-order chi connectivity index (χ1) is 8.74. The maximum Gasteiger partial charge on any atom is 0.172 e. The Bertz CT molecular complexity index is 532. The van der Waals surface area contributed by atoms with E-state index in [0.717, 1.165) is 11.1 Å². The molecular formula is C16H16O2. The molecular weight excluding hydrogens is 224 g/mol. The average Bonchev–Trinajstić information content (AvgIpc) is 2.42. The Kier molecular flexibility index (Phi) is 3.90. The highest BCUT2D eigenvalue weighted by molar-refractivity contribution is 6.01. The highest BCUT2D eigenvalue weighted by Gasteiger charge is 2.22. The van der Waals surface area contributed by atoms with Gasteiger partial charge in [0.05, 0.1) is 12.5 Å². The predicted octanol–water partition coefficient (Wildman–Crippen LogP) is 2.95. The van der Waals surface area contributed by atoms with Crippen LogP contribution in [0.2, 0.25) is 0 Å². The lowest BCUT2D eigenvalue weighted by Crippen LogP contribution is -2.17. The zero-order valence-corrected chi connectivity index (χ0v) is 10.3. The van der Waals surface area contributed by atoms with Gasteiger partial charge in [0.15, 0.2) is 5.78 Å². The Morgan fingerprint density at radius 1 is 1.06 bits per heavy atom. The fourth-order valence-corrected chi connectivity index (χ4v) is 2.10. The second kappa shape index (κ2) is 5.61. The van der Waals surface area contributed by atoms with E-state index in [2.05, 4.69) is 0 Å². The van der Waals surface area contributed by atoms with Crippen molar-refractivity contribution in [3.05, 3.63) is 71.3 Å². The first-order valence-corrected chi connectivity index (χ1v) is 5.99. The van der Waals surface area contributed by atoms with Crippen molar-refractivity contribution in [2.75, 3.05) is 6.61 Å². The maximum atomic E-state index is 12.4. The molecule has 18 heavy (non-hydrogen) atoms. The largest absolute Gasteiger partial charge is 0.395 e. The molecule has 0 bridgehead atoms. The van der Waals surface area contributed by atoms with Crippen LogP contribution in [0.25, 0.3) is 0 Å². The van der Waals surface area contributed by atoms with E-state index in [9.17, 15) is 9.90 Å².